The second-order valence-corrected chi connectivity index (χ2v) is 8.13. The first-order chi connectivity index (χ1) is 13.4. The van der Waals surface area contributed by atoms with Gasteiger partial charge in [0.2, 0.25) is 0 Å². The number of likely N-dealkylation sites (tertiary alicyclic amines) is 1. The second kappa shape index (κ2) is 13.3. The third kappa shape index (κ3) is 8.68. The first-order valence-corrected chi connectivity index (χ1v) is 10.6. The fourth-order valence-electron chi connectivity index (χ4n) is 3.31. The lowest BCUT2D eigenvalue weighted by Gasteiger charge is -2.40. The van der Waals surface area contributed by atoms with Crippen LogP contribution in [0.2, 0.25) is 5.02 Å². The number of guanidine groups is 1. The van der Waals surface area contributed by atoms with Gasteiger partial charge in [0, 0.05) is 25.2 Å². The number of hydrogen-bond acceptors (Lipinski definition) is 3. The van der Waals surface area contributed by atoms with Crippen molar-refractivity contribution in [1.29, 1.82) is 0 Å². The highest BCUT2D eigenvalue weighted by molar-refractivity contribution is 14.0. The van der Waals surface area contributed by atoms with Crippen LogP contribution >= 0.6 is 35.6 Å². The number of aliphatic imine (C=N–C) groups is 1. The largest absolute Gasteiger partial charge is 0.357 e. The van der Waals surface area contributed by atoms with Crippen LogP contribution in [0.15, 0.2) is 29.3 Å². The van der Waals surface area contributed by atoms with E-state index in [0.717, 1.165) is 32.1 Å². The van der Waals surface area contributed by atoms with E-state index in [1.807, 2.05) is 13.0 Å². The van der Waals surface area contributed by atoms with Gasteiger partial charge >= 0.3 is 0 Å². The Kier molecular flexibility index (Phi) is 11.9. The fraction of sp³-hybridized carbons (Fsp3) is 0.619. The molecule has 1 aliphatic heterocycles. The normalized spacial score (nSPS) is 15.4. The van der Waals surface area contributed by atoms with Gasteiger partial charge in [-0.3, -0.25) is 14.7 Å². The van der Waals surface area contributed by atoms with Crippen molar-refractivity contribution < 1.29 is 4.79 Å². The summed E-state index contributed by atoms with van der Waals surface area (Å²) >= 11 is 6.06. The molecule has 1 heterocycles. The zero-order chi connectivity index (χ0) is 20.4. The maximum absolute atomic E-state index is 12.2. The van der Waals surface area contributed by atoms with Crippen molar-refractivity contribution in [3.8, 4) is 0 Å². The molecule has 8 heteroatoms. The molecular formula is C21H35ClIN5O. The smallest absolute Gasteiger partial charge is 0.252 e. The van der Waals surface area contributed by atoms with Crippen molar-refractivity contribution in [3.63, 3.8) is 0 Å². The van der Waals surface area contributed by atoms with Gasteiger partial charge < -0.3 is 16.0 Å². The Bertz CT molecular complexity index is 662. The molecule has 0 aliphatic carbocycles. The first kappa shape index (κ1) is 26.0. The van der Waals surface area contributed by atoms with Crippen LogP contribution in [0.1, 0.15) is 50.4 Å². The minimum absolute atomic E-state index is 0. The molecule has 6 nitrogen and oxygen atoms in total. The van der Waals surface area contributed by atoms with Crippen molar-refractivity contribution in [1.82, 2.24) is 20.9 Å². The SMILES string of the molecule is CCNC(=NCC(C)(C)N1CCCCC1)NCCNC(=O)c1ccccc1Cl.I. The van der Waals surface area contributed by atoms with E-state index in [4.69, 9.17) is 16.6 Å². The molecule has 164 valence electrons. The van der Waals surface area contributed by atoms with E-state index in [2.05, 4.69) is 34.7 Å². The van der Waals surface area contributed by atoms with Gasteiger partial charge in [0.05, 0.1) is 17.1 Å². The molecule has 3 N–H and O–H groups in total. The predicted octanol–water partition coefficient (Wildman–Crippen LogP) is 3.51. The number of rotatable bonds is 8. The molecule has 0 atom stereocenters. The highest BCUT2D eigenvalue weighted by Gasteiger charge is 2.27. The number of halogens is 2. The van der Waals surface area contributed by atoms with Crippen molar-refractivity contribution >= 4 is 47.4 Å². The molecule has 1 saturated heterocycles. The Morgan fingerprint density at radius 1 is 1.10 bits per heavy atom. The summed E-state index contributed by atoms with van der Waals surface area (Å²) in [4.78, 5) is 19.5. The Labute approximate surface area is 197 Å². The van der Waals surface area contributed by atoms with Crippen molar-refractivity contribution in [3.05, 3.63) is 34.9 Å². The number of hydrogen-bond donors (Lipinski definition) is 3. The maximum Gasteiger partial charge on any atom is 0.252 e. The van der Waals surface area contributed by atoms with Gasteiger partial charge in [-0.2, -0.15) is 0 Å². The minimum Gasteiger partial charge on any atom is -0.357 e. The van der Waals surface area contributed by atoms with E-state index in [1.165, 1.54) is 19.3 Å². The lowest BCUT2D eigenvalue weighted by Crippen LogP contribution is -2.50. The Hall–Kier alpha value is -1.06. The predicted molar refractivity (Wildman–Crippen MR) is 133 cm³/mol. The van der Waals surface area contributed by atoms with Crippen LogP contribution in [0.3, 0.4) is 0 Å². The zero-order valence-electron chi connectivity index (χ0n) is 17.8. The summed E-state index contributed by atoms with van der Waals surface area (Å²) < 4.78 is 0. The van der Waals surface area contributed by atoms with Crippen molar-refractivity contribution in [2.45, 2.75) is 45.6 Å². The molecule has 0 spiro atoms. The Morgan fingerprint density at radius 2 is 1.76 bits per heavy atom. The quantitative estimate of drug-likeness (QED) is 0.206. The average Bonchev–Trinajstić information content (AvgIpc) is 2.70. The van der Waals surface area contributed by atoms with Gasteiger partial charge in [0.25, 0.3) is 5.91 Å². The molecule has 1 aliphatic rings. The molecule has 1 aromatic carbocycles. The lowest BCUT2D eigenvalue weighted by molar-refractivity contribution is 0.0954. The van der Waals surface area contributed by atoms with E-state index in [-0.39, 0.29) is 35.4 Å². The topological polar surface area (TPSA) is 68.8 Å². The number of piperidine rings is 1. The van der Waals surface area contributed by atoms with Crippen LogP contribution < -0.4 is 16.0 Å². The highest BCUT2D eigenvalue weighted by Crippen LogP contribution is 2.20. The number of nitrogens with zero attached hydrogens (tertiary/aromatic N) is 2. The summed E-state index contributed by atoms with van der Waals surface area (Å²) in [6.07, 6.45) is 3.88. The lowest BCUT2D eigenvalue weighted by atomic mass is 9.99. The number of carbonyl (C=O) groups is 1. The molecule has 0 radical (unpaired) electrons. The van der Waals surface area contributed by atoms with Gasteiger partial charge in [0.1, 0.15) is 0 Å². The highest BCUT2D eigenvalue weighted by atomic mass is 127. The van der Waals surface area contributed by atoms with Crippen molar-refractivity contribution in [2.24, 2.45) is 4.99 Å². The summed E-state index contributed by atoms with van der Waals surface area (Å²) in [5, 5.41) is 9.91. The molecule has 0 unspecified atom stereocenters. The Balaban J connectivity index is 0.00000420. The maximum atomic E-state index is 12.2. The molecule has 1 aromatic rings. The molecular weight excluding hydrogens is 501 g/mol. The monoisotopic (exact) mass is 535 g/mol. The van der Waals surface area contributed by atoms with E-state index in [0.29, 0.717) is 23.7 Å². The summed E-state index contributed by atoms with van der Waals surface area (Å²) in [5.74, 6) is 0.611. The Morgan fingerprint density at radius 3 is 2.41 bits per heavy atom. The third-order valence-electron chi connectivity index (χ3n) is 5.00. The van der Waals surface area contributed by atoms with Crippen LogP contribution in [0, 0.1) is 0 Å². The second-order valence-electron chi connectivity index (χ2n) is 7.72. The summed E-state index contributed by atoms with van der Waals surface area (Å²) in [6.45, 7) is 11.5. The van der Waals surface area contributed by atoms with Gasteiger partial charge in [-0.15, -0.1) is 24.0 Å². The number of benzene rings is 1. The molecule has 0 bridgehead atoms. The number of amides is 1. The summed E-state index contributed by atoms with van der Waals surface area (Å²) in [5.41, 5.74) is 0.536. The molecule has 2 rings (SSSR count). The van der Waals surface area contributed by atoms with E-state index in [1.54, 1.807) is 18.2 Å². The van der Waals surface area contributed by atoms with Crippen LogP contribution in [0.25, 0.3) is 0 Å². The molecule has 0 saturated carbocycles. The molecule has 1 amide bonds. The number of nitrogens with one attached hydrogen (secondary N) is 3. The van der Waals surface area contributed by atoms with Gasteiger partial charge in [-0.05, 0) is 58.8 Å². The van der Waals surface area contributed by atoms with Crippen LogP contribution in [-0.4, -0.2) is 61.6 Å². The average molecular weight is 536 g/mol. The van der Waals surface area contributed by atoms with Crippen LogP contribution in [0.4, 0.5) is 0 Å². The van der Waals surface area contributed by atoms with Gasteiger partial charge in [-0.1, -0.05) is 30.2 Å². The van der Waals surface area contributed by atoms with Gasteiger partial charge in [0.15, 0.2) is 5.96 Å². The zero-order valence-corrected chi connectivity index (χ0v) is 20.8. The van der Waals surface area contributed by atoms with Crippen molar-refractivity contribution in [2.75, 3.05) is 39.3 Å². The van der Waals surface area contributed by atoms with Crippen LogP contribution in [-0.2, 0) is 0 Å². The van der Waals surface area contributed by atoms with Crippen LogP contribution in [0.5, 0.6) is 0 Å². The molecule has 29 heavy (non-hydrogen) atoms. The summed E-state index contributed by atoms with van der Waals surface area (Å²) in [7, 11) is 0. The van der Waals surface area contributed by atoms with E-state index >= 15 is 0 Å². The van der Waals surface area contributed by atoms with E-state index < -0.39 is 0 Å². The molecule has 1 fully saturated rings. The minimum atomic E-state index is -0.166. The van der Waals surface area contributed by atoms with E-state index in [9.17, 15) is 4.79 Å². The van der Waals surface area contributed by atoms with Gasteiger partial charge in [-0.25, -0.2) is 0 Å². The third-order valence-corrected chi connectivity index (χ3v) is 5.33. The molecule has 0 aromatic heterocycles. The first-order valence-electron chi connectivity index (χ1n) is 10.2. The summed E-state index contributed by atoms with van der Waals surface area (Å²) in [6, 6.07) is 7.05. The fourth-order valence-corrected chi connectivity index (χ4v) is 3.53. The standard InChI is InChI=1S/C21H34ClN5O.HI/c1-4-23-20(26-16-21(2,3)27-14-8-5-9-15-27)25-13-12-24-19(28)17-10-6-7-11-18(17)22;/h6-7,10-11H,4-5,8-9,12-16H2,1-3H3,(H,24,28)(H2,23,25,26);1H. The number of carbonyl (C=O) groups excluding carboxylic acids is 1.